The lowest BCUT2D eigenvalue weighted by Gasteiger charge is -2.23. The average molecular weight is 660 g/mol. The van der Waals surface area contributed by atoms with Gasteiger partial charge in [-0.25, -0.2) is 15.0 Å². The van der Waals surface area contributed by atoms with Crippen LogP contribution in [0.5, 0.6) is 17.4 Å². The smallest absolute Gasteiger partial charge is 0.218 e. The Morgan fingerprint density at radius 1 is 0.745 bits per heavy atom. The Bertz CT molecular complexity index is 1660. The van der Waals surface area contributed by atoms with Crippen molar-refractivity contribution in [1.29, 1.82) is 0 Å². The van der Waals surface area contributed by atoms with Gasteiger partial charge in [0.2, 0.25) is 5.88 Å². The van der Waals surface area contributed by atoms with E-state index >= 15 is 0 Å². The molecule has 2 aliphatic rings. The summed E-state index contributed by atoms with van der Waals surface area (Å²) in [6.45, 7) is 4.52. The van der Waals surface area contributed by atoms with E-state index in [4.69, 9.17) is 40.3 Å². The van der Waals surface area contributed by atoms with Gasteiger partial charge in [0.15, 0.2) is 5.75 Å². The van der Waals surface area contributed by atoms with Gasteiger partial charge in [-0.05, 0) is 37.8 Å². The van der Waals surface area contributed by atoms with E-state index in [1.807, 2.05) is 42.5 Å². The molecule has 0 aliphatic carbocycles. The summed E-state index contributed by atoms with van der Waals surface area (Å²) >= 11 is 7.11. The molecule has 2 aromatic carbocycles. The Labute approximate surface area is 281 Å². The van der Waals surface area contributed by atoms with Gasteiger partial charge in [0, 0.05) is 79.4 Å². The highest BCUT2D eigenvalue weighted by molar-refractivity contribution is 6.36. The SMILES string of the molecule is COc1cc(-c2ncnc(-c3cccc(-c4ccc(CNC5CCOCC5)c(OC)n4)c3Cl)c2OC)ccc1CNC1CCOCC1. The summed E-state index contributed by atoms with van der Waals surface area (Å²) < 4.78 is 28.4. The minimum absolute atomic E-state index is 0.421. The van der Waals surface area contributed by atoms with Crippen LogP contribution >= 0.6 is 11.6 Å². The molecule has 4 heterocycles. The molecule has 0 atom stereocenters. The molecule has 6 rings (SSSR count). The standard InChI is InChI=1S/C36H42ClN5O5/c1-43-31-19-23(7-8-24(31)20-38-26-11-15-46-16-12-26)33-35(44-2)34(41-22-40-33)29-6-4-5-28(32(29)37)30-10-9-25(36(42-30)45-3)21-39-27-13-17-47-18-14-27/h4-10,19,22,26-27,38-39H,11-18,20-21H2,1-3H3. The summed E-state index contributed by atoms with van der Waals surface area (Å²) in [5.41, 5.74) is 6.29. The number of hydrogen-bond donors (Lipinski definition) is 2. The molecule has 0 unspecified atom stereocenters. The number of rotatable bonds is 12. The fraction of sp³-hybridized carbons (Fsp3) is 0.417. The first-order valence-corrected chi connectivity index (χ1v) is 16.5. The molecule has 0 bridgehead atoms. The Balaban J connectivity index is 1.27. The molecule has 47 heavy (non-hydrogen) atoms. The summed E-state index contributed by atoms with van der Waals surface area (Å²) in [5, 5.41) is 7.75. The first kappa shape index (κ1) is 33.1. The molecule has 2 aliphatic heterocycles. The third-order valence-electron chi connectivity index (χ3n) is 8.84. The molecule has 0 amide bonds. The van der Waals surface area contributed by atoms with Crippen LogP contribution in [-0.4, -0.2) is 74.8 Å². The van der Waals surface area contributed by atoms with Gasteiger partial charge in [-0.15, -0.1) is 0 Å². The summed E-state index contributed by atoms with van der Waals surface area (Å²) in [7, 11) is 4.94. The van der Waals surface area contributed by atoms with Crippen LogP contribution in [0.2, 0.25) is 5.02 Å². The highest BCUT2D eigenvalue weighted by Crippen LogP contribution is 2.42. The number of nitrogens with zero attached hydrogens (tertiary/aromatic N) is 3. The Hall–Kier alpha value is -3.80. The van der Waals surface area contributed by atoms with Gasteiger partial charge in [-0.3, -0.25) is 0 Å². The molecule has 4 aromatic rings. The molecular weight excluding hydrogens is 618 g/mol. The Kier molecular flexibility index (Phi) is 11.2. The number of ether oxygens (including phenoxy) is 5. The quantitative estimate of drug-likeness (QED) is 0.186. The van der Waals surface area contributed by atoms with Crippen LogP contribution in [0.3, 0.4) is 0 Å². The van der Waals surface area contributed by atoms with E-state index in [9.17, 15) is 0 Å². The first-order valence-electron chi connectivity index (χ1n) is 16.1. The zero-order valence-electron chi connectivity index (χ0n) is 27.2. The predicted octanol–water partition coefficient (Wildman–Crippen LogP) is 6.09. The number of halogens is 1. The van der Waals surface area contributed by atoms with Crippen molar-refractivity contribution in [3.63, 3.8) is 0 Å². The number of methoxy groups -OCH3 is 3. The highest BCUT2D eigenvalue weighted by atomic mass is 35.5. The lowest BCUT2D eigenvalue weighted by molar-refractivity contribution is 0.0774. The van der Waals surface area contributed by atoms with Crippen LogP contribution in [0.4, 0.5) is 0 Å². The van der Waals surface area contributed by atoms with Gasteiger partial charge in [-0.2, -0.15) is 0 Å². The maximum atomic E-state index is 7.11. The van der Waals surface area contributed by atoms with Crippen LogP contribution in [0.15, 0.2) is 54.9 Å². The van der Waals surface area contributed by atoms with Crippen molar-refractivity contribution < 1.29 is 23.7 Å². The normalized spacial score (nSPS) is 15.8. The van der Waals surface area contributed by atoms with Gasteiger partial charge in [0.25, 0.3) is 0 Å². The van der Waals surface area contributed by atoms with Crippen molar-refractivity contribution in [1.82, 2.24) is 25.6 Å². The molecule has 0 spiro atoms. The topological polar surface area (TPSA) is 109 Å². The van der Waals surface area contributed by atoms with Crippen LogP contribution in [0.1, 0.15) is 36.8 Å². The maximum Gasteiger partial charge on any atom is 0.218 e. The number of nitrogens with one attached hydrogen (secondary N) is 2. The third-order valence-corrected chi connectivity index (χ3v) is 9.24. The maximum absolute atomic E-state index is 7.11. The average Bonchev–Trinajstić information content (AvgIpc) is 3.13. The molecule has 0 radical (unpaired) electrons. The summed E-state index contributed by atoms with van der Waals surface area (Å²) in [6, 6.07) is 16.8. The minimum atomic E-state index is 0.421. The number of pyridine rings is 1. The van der Waals surface area contributed by atoms with E-state index in [0.717, 1.165) is 80.1 Å². The molecule has 2 N–H and O–H groups in total. The highest BCUT2D eigenvalue weighted by Gasteiger charge is 2.22. The van der Waals surface area contributed by atoms with E-state index in [1.165, 1.54) is 6.33 Å². The van der Waals surface area contributed by atoms with Gasteiger partial charge < -0.3 is 34.3 Å². The summed E-state index contributed by atoms with van der Waals surface area (Å²) in [4.78, 5) is 14.1. The molecule has 11 heteroatoms. The molecule has 2 saturated heterocycles. The monoisotopic (exact) mass is 659 g/mol. The number of benzene rings is 2. The van der Waals surface area contributed by atoms with E-state index < -0.39 is 0 Å². The van der Waals surface area contributed by atoms with Crippen LogP contribution < -0.4 is 24.8 Å². The van der Waals surface area contributed by atoms with Crippen LogP contribution in [0, 0.1) is 0 Å². The second kappa shape index (κ2) is 15.9. The van der Waals surface area contributed by atoms with E-state index in [2.05, 4.69) is 26.7 Å². The second-order valence-electron chi connectivity index (χ2n) is 11.7. The van der Waals surface area contributed by atoms with Crippen molar-refractivity contribution in [2.45, 2.75) is 50.9 Å². The molecule has 10 nitrogen and oxygen atoms in total. The largest absolute Gasteiger partial charge is 0.496 e. The second-order valence-corrected chi connectivity index (χ2v) is 12.1. The van der Waals surface area contributed by atoms with Crippen LogP contribution in [-0.2, 0) is 22.6 Å². The Morgan fingerprint density at radius 2 is 1.38 bits per heavy atom. The fourth-order valence-corrected chi connectivity index (χ4v) is 6.47. The molecule has 2 aromatic heterocycles. The van der Waals surface area contributed by atoms with Crippen LogP contribution in [0.25, 0.3) is 33.8 Å². The summed E-state index contributed by atoms with van der Waals surface area (Å²) in [6.07, 6.45) is 5.54. The van der Waals surface area contributed by atoms with Gasteiger partial charge in [-0.1, -0.05) is 48.0 Å². The predicted molar refractivity (Wildman–Crippen MR) is 182 cm³/mol. The zero-order chi connectivity index (χ0) is 32.6. The molecule has 2 fully saturated rings. The number of aromatic nitrogens is 3. The van der Waals surface area contributed by atoms with Crippen molar-refractivity contribution in [2.24, 2.45) is 0 Å². The minimum Gasteiger partial charge on any atom is -0.496 e. The van der Waals surface area contributed by atoms with E-state index in [-0.39, 0.29) is 0 Å². The fourth-order valence-electron chi connectivity index (χ4n) is 6.16. The summed E-state index contributed by atoms with van der Waals surface area (Å²) in [5.74, 6) is 1.85. The lowest BCUT2D eigenvalue weighted by Crippen LogP contribution is -2.34. The number of hydrogen-bond acceptors (Lipinski definition) is 10. The van der Waals surface area contributed by atoms with E-state index in [1.54, 1.807) is 21.3 Å². The van der Waals surface area contributed by atoms with Crippen molar-refractivity contribution >= 4 is 11.6 Å². The molecular formula is C36H42ClN5O5. The van der Waals surface area contributed by atoms with Crippen molar-refractivity contribution in [3.05, 3.63) is 71.0 Å². The van der Waals surface area contributed by atoms with Gasteiger partial charge in [0.05, 0.1) is 32.0 Å². The zero-order valence-corrected chi connectivity index (χ0v) is 27.9. The van der Waals surface area contributed by atoms with E-state index in [0.29, 0.717) is 64.5 Å². The molecule has 248 valence electrons. The van der Waals surface area contributed by atoms with Crippen molar-refractivity contribution in [2.75, 3.05) is 47.8 Å². The van der Waals surface area contributed by atoms with Crippen molar-refractivity contribution in [3.8, 4) is 51.2 Å². The van der Waals surface area contributed by atoms with Gasteiger partial charge >= 0.3 is 0 Å². The first-order chi connectivity index (χ1) is 23.1. The lowest BCUT2D eigenvalue weighted by atomic mass is 10.0. The van der Waals surface area contributed by atoms with Gasteiger partial charge in [0.1, 0.15) is 23.5 Å². The molecule has 0 saturated carbocycles. The Morgan fingerprint density at radius 3 is 2.04 bits per heavy atom. The third kappa shape index (κ3) is 7.69.